The summed E-state index contributed by atoms with van der Waals surface area (Å²) in [5, 5.41) is 3.20. The van der Waals surface area contributed by atoms with E-state index in [1.54, 1.807) is 18.5 Å². The molecule has 5 heteroatoms. The molecule has 5 nitrogen and oxygen atoms in total. The molecule has 0 atom stereocenters. The van der Waals surface area contributed by atoms with Gasteiger partial charge in [0.05, 0.1) is 6.61 Å². The van der Waals surface area contributed by atoms with E-state index in [-0.39, 0.29) is 0 Å². The standard InChI is InChI=1S/C12H14N4O/c1-2-17-12-7-11(15-9-16-12)14-8-10-3-5-13-6-4-10/h3-7,9H,2,8H2,1H3,(H,14,15,16). The van der Waals surface area contributed by atoms with Crippen LogP contribution in [0.25, 0.3) is 0 Å². The average molecular weight is 230 g/mol. The molecule has 0 aliphatic rings. The van der Waals surface area contributed by atoms with Crippen LogP contribution in [0.3, 0.4) is 0 Å². The predicted octanol–water partition coefficient (Wildman–Crippen LogP) is 1.88. The Morgan fingerprint density at radius 1 is 1.24 bits per heavy atom. The van der Waals surface area contributed by atoms with E-state index in [4.69, 9.17) is 4.74 Å². The van der Waals surface area contributed by atoms with Gasteiger partial charge in [0.2, 0.25) is 5.88 Å². The van der Waals surface area contributed by atoms with Crippen molar-refractivity contribution in [2.75, 3.05) is 11.9 Å². The first-order valence-corrected chi connectivity index (χ1v) is 5.46. The van der Waals surface area contributed by atoms with Gasteiger partial charge in [-0.3, -0.25) is 4.98 Å². The van der Waals surface area contributed by atoms with Crippen LogP contribution in [0.5, 0.6) is 5.88 Å². The maximum Gasteiger partial charge on any atom is 0.218 e. The number of pyridine rings is 1. The Morgan fingerprint density at radius 2 is 2.06 bits per heavy atom. The molecular formula is C12H14N4O. The smallest absolute Gasteiger partial charge is 0.218 e. The van der Waals surface area contributed by atoms with Crippen LogP contribution in [0.15, 0.2) is 36.9 Å². The number of anilines is 1. The van der Waals surface area contributed by atoms with Gasteiger partial charge in [-0.25, -0.2) is 9.97 Å². The van der Waals surface area contributed by atoms with Crippen molar-refractivity contribution in [2.24, 2.45) is 0 Å². The zero-order valence-corrected chi connectivity index (χ0v) is 9.63. The molecule has 0 aliphatic heterocycles. The molecule has 88 valence electrons. The molecule has 0 spiro atoms. The third-order valence-electron chi connectivity index (χ3n) is 2.16. The number of ether oxygens (including phenoxy) is 1. The largest absolute Gasteiger partial charge is 0.478 e. The van der Waals surface area contributed by atoms with Crippen molar-refractivity contribution in [1.29, 1.82) is 0 Å². The van der Waals surface area contributed by atoms with E-state index in [0.717, 1.165) is 11.4 Å². The van der Waals surface area contributed by atoms with Crippen molar-refractivity contribution in [3.8, 4) is 5.88 Å². The molecule has 0 bridgehead atoms. The lowest BCUT2D eigenvalue weighted by molar-refractivity contribution is 0.326. The topological polar surface area (TPSA) is 59.9 Å². The summed E-state index contributed by atoms with van der Waals surface area (Å²) in [6.07, 6.45) is 5.02. The van der Waals surface area contributed by atoms with E-state index < -0.39 is 0 Å². The molecule has 0 fully saturated rings. The van der Waals surface area contributed by atoms with Gasteiger partial charge in [0.15, 0.2) is 0 Å². The van der Waals surface area contributed by atoms with Gasteiger partial charge < -0.3 is 10.1 Å². The number of nitrogens with zero attached hydrogens (tertiary/aromatic N) is 3. The van der Waals surface area contributed by atoms with Crippen molar-refractivity contribution in [3.63, 3.8) is 0 Å². The van der Waals surface area contributed by atoms with Crippen LogP contribution in [-0.2, 0) is 6.54 Å². The van der Waals surface area contributed by atoms with Crippen molar-refractivity contribution >= 4 is 5.82 Å². The lowest BCUT2D eigenvalue weighted by Gasteiger charge is -2.06. The third kappa shape index (κ3) is 3.41. The summed E-state index contributed by atoms with van der Waals surface area (Å²) in [6.45, 7) is 3.22. The second-order valence-electron chi connectivity index (χ2n) is 3.38. The molecular weight excluding hydrogens is 216 g/mol. The lowest BCUT2D eigenvalue weighted by atomic mass is 10.3. The Hall–Kier alpha value is -2.17. The highest BCUT2D eigenvalue weighted by atomic mass is 16.5. The highest BCUT2D eigenvalue weighted by molar-refractivity contribution is 5.37. The van der Waals surface area contributed by atoms with E-state index in [1.807, 2.05) is 19.1 Å². The average Bonchev–Trinajstić information content (AvgIpc) is 2.39. The van der Waals surface area contributed by atoms with Crippen molar-refractivity contribution in [1.82, 2.24) is 15.0 Å². The van der Waals surface area contributed by atoms with Crippen LogP contribution < -0.4 is 10.1 Å². The Kier molecular flexibility index (Phi) is 3.85. The molecule has 2 rings (SSSR count). The van der Waals surface area contributed by atoms with Gasteiger partial charge >= 0.3 is 0 Å². The SMILES string of the molecule is CCOc1cc(NCc2ccncc2)ncn1. The van der Waals surface area contributed by atoms with Crippen molar-refractivity contribution < 1.29 is 4.74 Å². The van der Waals surface area contributed by atoms with Crippen LogP contribution in [0.1, 0.15) is 12.5 Å². The second kappa shape index (κ2) is 5.79. The molecule has 0 aliphatic carbocycles. The van der Waals surface area contributed by atoms with E-state index in [1.165, 1.54) is 6.33 Å². The third-order valence-corrected chi connectivity index (χ3v) is 2.16. The van der Waals surface area contributed by atoms with Crippen LogP contribution in [0, 0.1) is 0 Å². The summed E-state index contributed by atoms with van der Waals surface area (Å²) in [6, 6.07) is 5.69. The second-order valence-corrected chi connectivity index (χ2v) is 3.38. The van der Waals surface area contributed by atoms with Gasteiger partial charge in [-0.05, 0) is 24.6 Å². The fraction of sp³-hybridized carbons (Fsp3) is 0.250. The fourth-order valence-electron chi connectivity index (χ4n) is 1.36. The molecule has 1 N–H and O–H groups in total. The zero-order chi connectivity index (χ0) is 11.9. The quantitative estimate of drug-likeness (QED) is 0.849. The predicted molar refractivity (Wildman–Crippen MR) is 64.8 cm³/mol. The molecule has 0 amide bonds. The number of aromatic nitrogens is 3. The van der Waals surface area contributed by atoms with E-state index >= 15 is 0 Å². The minimum atomic E-state index is 0.583. The Labute approximate surface area is 99.9 Å². The van der Waals surface area contributed by atoms with Crippen molar-refractivity contribution in [3.05, 3.63) is 42.5 Å². The first kappa shape index (κ1) is 11.3. The molecule has 0 aromatic carbocycles. The van der Waals surface area contributed by atoms with Crippen molar-refractivity contribution in [2.45, 2.75) is 13.5 Å². The maximum absolute atomic E-state index is 5.30. The van der Waals surface area contributed by atoms with Gasteiger partial charge in [-0.1, -0.05) is 0 Å². The molecule has 0 saturated heterocycles. The summed E-state index contributed by atoms with van der Waals surface area (Å²) in [7, 11) is 0. The maximum atomic E-state index is 5.30. The van der Waals surface area contributed by atoms with Crippen LogP contribution in [0.2, 0.25) is 0 Å². The lowest BCUT2D eigenvalue weighted by Crippen LogP contribution is -2.03. The monoisotopic (exact) mass is 230 g/mol. The molecule has 0 saturated carbocycles. The molecule has 2 heterocycles. The van der Waals surface area contributed by atoms with Gasteiger partial charge in [-0.15, -0.1) is 0 Å². The minimum Gasteiger partial charge on any atom is -0.478 e. The summed E-state index contributed by atoms with van der Waals surface area (Å²) in [5.74, 6) is 1.33. The van der Waals surface area contributed by atoms with E-state index in [0.29, 0.717) is 19.0 Å². The Morgan fingerprint density at radius 3 is 2.82 bits per heavy atom. The van der Waals surface area contributed by atoms with Gasteiger partial charge in [0.1, 0.15) is 12.1 Å². The molecule has 17 heavy (non-hydrogen) atoms. The Bertz CT molecular complexity index is 461. The van der Waals surface area contributed by atoms with Crippen LogP contribution >= 0.6 is 0 Å². The first-order valence-electron chi connectivity index (χ1n) is 5.46. The summed E-state index contributed by atoms with van der Waals surface area (Å²) in [5.41, 5.74) is 1.15. The fourth-order valence-corrected chi connectivity index (χ4v) is 1.36. The molecule has 2 aromatic rings. The Balaban J connectivity index is 1.97. The minimum absolute atomic E-state index is 0.583. The normalized spacial score (nSPS) is 9.94. The number of nitrogens with one attached hydrogen (secondary N) is 1. The first-order chi connectivity index (χ1) is 8.38. The highest BCUT2D eigenvalue weighted by Crippen LogP contribution is 2.11. The van der Waals surface area contributed by atoms with Gasteiger partial charge in [-0.2, -0.15) is 0 Å². The number of hydrogen-bond donors (Lipinski definition) is 1. The van der Waals surface area contributed by atoms with Crippen LogP contribution in [-0.4, -0.2) is 21.6 Å². The van der Waals surface area contributed by atoms with Gasteiger partial charge in [0.25, 0.3) is 0 Å². The van der Waals surface area contributed by atoms with E-state index in [2.05, 4.69) is 20.3 Å². The summed E-state index contributed by atoms with van der Waals surface area (Å²) >= 11 is 0. The summed E-state index contributed by atoms with van der Waals surface area (Å²) < 4.78 is 5.30. The number of rotatable bonds is 5. The zero-order valence-electron chi connectivity index (χ0n) is 9.63. The van der Waals surface area contributed by atoms with Crippen LogP contribution in [0.4, 0.5) is 5.82 Å². The molecule has 2 aromatic heterocycles. The number of hydrogen-bond acceptors (Lipinski definition) is 5. The highest BCUT2D eigenvalue weighted by Gasteiger charge is 1.98. The summed E-state index contributed by atoms with van der Waals surface area (Å²) in [4.78, 5) is 12.1. The van der Waals surface area contributed by atoms with E-state index in [9.17, 15) is 0 Å². The van der Waals surface area contributed by atoms with Gasteiger partial charge in [0, 0.05) is 25.0 Å². The molecule has 0 radical (unpaired) electrons. The molecule has 0 unspecified atom stereocenters.